The number of amidine groups is 1. The molecule has 0 bridgehead atoms. The third-order valence-corrected chi connectivity index (χ3v) is 12.1. The molecule has 3 heterocycles. The first kappa shape index (κ1) is 55.2. The Morgan fingerprint density at radius 2 is 1.52 bits per heavy atom. The molecule has 392 valence electrons. The molecule has 3 aromatic carbocycles. The molecular weight excluding hydrogens is 989 g/mol. The zero-order valence-electron chi connectivity index (χ0n) is 41.8. The Labute approximate surface area is 427 Å². The highest BCUT2D eigenvalue weighted by atomic mass is 32.3. The molecule has 24 heteroatoms. The number of hydroxylamine groups is 2. The summed E-state index contributed by atoms with van der Waals surface area (Å²) in [5, 5.41) is 21.5. The summed E-state index contributed by atoms with van der Waals surface area (Å²) in [6, 6.07) is 22.6. The van der Waals surface area contributed by atoms with Crippen LogP contribution < -0.4 is 20.7 Å². The largest absolute Gasteiger partial charge is 0.489 e. The minimum atomic E-state index is -5.13. The summed E-state index contributed by atoms with van der Waals surface area (Å²) < 4.78 is 59.9. The van der Waals surface area contributed by atoms with E-state index in [9.17, 15) is 36.9 Å². The summed E-state index contributed by atoms with van der Waals surface area (Å²) in [5.41, 5.74) is -2.07. The molecule has 4 amide bonds. The standard InChI is InChI=1S/C49H60N8O14S2/c1-29-36(52-44(72-29)54-45(61)68-47(2,3)4)37(41(58)53-39-42(59)57(49(39,8)9)71-73(63,64)65)55-70-35(43(60)67-38(30-17-12-10-13-18-30)31-19-14-11-15-20-31)28-66-34-24-22-32(23-25-34)40(50)51-33-21-16-26-56(27-33)46(62)69-48(5,6)7/h10-15,17-20,22-25,33,35,38-39H,16,21,26-28H2,1-9H3,(H2,50,51)(H,53,58)(H,52,54,61)(H,63,64,65)/b55-37-/t33-,35-,39+/m0/s1. The molecule has 2 fully saturated rings. The first-order chi connectivity index (χ1) is 34.2. The number of oxime groups is 1. The van der Waals surface area contributed by atoms with Gasteiger partial charge >= 0.3 is 28.6 Å². The van der Waals surface area contributed by atoms with Crippen LogP contribution in [0.4, 0.5) is 14.7 Å². The first-order valence-corrected chi connectivity index (χ1v) is 25.3. The van der Waals surface area contributed by atoms with Gasteiger partial charge in [0.1, 0.15) is 41.1 Å². The Hall–Kier alpha value is -7.15. The second-order valence-corrected chi connectivity index (χ2v) is 21.7. The van der Waals surface area contributed by atoms with Crippen LogP contribution in [0.1, 0.15) is 102 Å². The molecule has 0 unspecified atom stereocenters. The molecule has 0 spiro atoms. The molecule has 22 nitrogen and oxygen atoms in total. The van der Waals surface area contributed by atoms with Crippen LogP contribution in [-0.2, 0) is 48.1 Å². The normalized spacial score (nSPS) is 17.4. The van der Waals surface area contributed by atoms with Crippen molar-refractivity contribution in [1.29, 1.82) is 5.41 Å². The summed E-state index contributed by atoms with van der Waals surface area (Å²) >= 11 is 0.942. The summed E-state index contributed by atoms with van der Waals surface area (Å²) in [5.74, 6) is -2.77. The third-order valence-electron chi connectivity index (χ3n) is 10.9. The number of carbonyl (C=O) groups excluding carboxylic acids is 5. The Morgan fingerprint density at radius 3 is 2.08 bits per heavy atom. The number of rotatable bonds is 17. The highest BCUT2D eigenvalue weighted by molar-refractivity contribution is 7.80. The van der Waals surface area contributed by atoms with Crippen LogP contribution in [-0.4, -0.2) is 124 Å². The monoisotopic (exact) mass is 1050 g/mol. The lowest BCUT2D eigenvalue weighted by atomic mass is 9.84. The second kappa shape index (κ2) is 22.7. The van der Waals surface area contributed by atoms with E-state index in [1.165, 1.54) is 13.8 Å². The van der Waals surface area contributed by atoms with E-state index in [1.54, 1.807) is 138 Å². The van der Waals surface area contributed by atoms with Crippen LogP contribution in [0, 0.1) is 12.3 Å². The zero-order valence-corrected chi connectivity index (χ0v) is 43.4. The third kappa shape index (κ3) is 15.2. The number of β-lactam (4-membered cyclic amide) rings is 1. The van der Waals surface area contributed by atoms with E-state index in [2.05, 4.69) is 30.4 Å². The van der Waals surface area contributed by atoms with E-state index >= 15 is 0 Å². The maximum atomic E-state index is 14.4. The molecule has 0 radical (unpaired) electrons. The van der Waals surface area contributed by atoms with Crippen molar-refractivity contribution in [3.05, 3.63) is 112 Å². The van der Waals surface area contributed by atoms with Crippen molar-refractivity contribution in [3.8, 4) is 5.75 Å². The number of thiazole rings is 1. The van der Waals surface area contributed by atoms with Gasteiger partial charge in [0, 0.05) is 29.6 Å². The number of aryl methyl sites for hydroxylation is 1. The molecular formula is C49H60N8O14S2. The minimum Gasteiger partial charge on any atom is -0.489 e. The van der Waals surface area contributed by atoms with Gasteiger partial charge < -0.3 is 39.3 Å². The Morgan fingerprint density at radius 1 is 0.918 bits per heavy atom. The number of benzene rings is 3. The van der Waals surface area contributed by atoms with E-state index in [0.717, 1.165) is 24.2 Å². The number of esters is 1. The fraction of sp³-hybridized carbons (Fsp3) is 0.429. The number of piperidine rings is 1. The fourth-order valence-corrected chi connectivity index (χ4v) is 8.72. The van der Waals surface area contributed by atoms with Gasteiger partial charge in [-0.3, -0.25) is 24.9 Å². The Bertz CT molecular complexity index is 2760. The van der Waals surface area contributed by atoms with E-state index in [4.69, 9.17) is 29.2 Å². The minimum absolute atomic E-state index is 0.0175. The number of likely N-dealkylation sites (tertiary alicyclic amines) is 1. The molecule has 1 aromatic heterocycles. The number of hydrogen-bond donors (Lipinski definition) is 5. The molecule has 5 N–H and O–H groups in total. The van der Waals surface area contributed by atoms with Crippen molar-refractivity contribution >= 4 is 68.4 Å². The molecule has 4 aromatic rings. The van der Waals surface area contributed by atoms with Crippen molar-refractivity contribution in [2.24, 2.45) is 5.16 Å². The van der Waals surface area contributed by atoms with Crippen LogP contribution in [0.2, 0.25) is 0 Å². The summed E-state index contributed by atoms with van der Waals surface area (Å²) in [6.45, 7) is 15.0. The van der Waals surface area contributed by atoms with Gasteiger partial charge in [0.15, 0.2) is 16.9 Å². The van der Waals surface area contributed by atoms with Crippen LogP contribution >= 0.6 is 11.3 Å². The maximum absolute atomic E-state index is 14.4. The van der Waals surface area contributed by atoms with Gasteiger partial charge in [-0.05, 0) is 111 Å². The van der Waals surface area contributed by atoms with Crippen LogP contribution in [0.3, 0.4) is 0 Å². The van der Waals surface area contributed by atoms with Crippen LogP contribution in [0.25, 0.3) is 0 Å². The molecule has 3 atom stereocenters. The average Bonchev–Trinajstić information content (AvgIpc) is 3.67. The lowest BCUT2D eigenvalue weighted by Crippen LogP contribution is -2.76. The van der Waals surface area contributed by atoms with Crippen molar-refractivity contribution in [2.45, 2.75) is 116 Å². The molecule has 73 heavy (non-hydrogen) atoms. The number of aromatic nitrogens is 1. The van der Waals surface area contributed by atoms with Gasteiger partial charge in [0.25, 0.3) is 17.9 Å². The maximum Gasteiger partial charge on any atom is 0.418 e. The van der Waals surface area contributed by atoms with E-state index in [-0.39, 0.29) is 28.5 Å². The average molecular weight is 1050 g/mol. The molecule has 0 aliphatic carbocycles. The van der Waals surface area contributed by atoms with Crippen molar-refractivity contribution in [3.63, 3.8) is 0 Å². The zero-order chi connectivity index (χ0) is 53.5. The SMILES string of the molecule is Cc1sc(NC(=O)OC(C)(C)C)nc1/C(=N/O[C@@H](COc1ccc(C(=N)N[C@H]2CCCN(C(=O)OC(C)(C)C)C2)cc1)C(=O)OC(c1ccccc1)c1ccccc1)C(=O)N[C@@H]1C(=O)N(OS(=O)(=O)O)C1(C)C. The number of amides is 4. The van der Waals surface area contributed by atoms with Gasteiger partial charge in [0.05, 0.1) is 5.54 Å². The predicted molar refractivity (Wildman–Crippen MR) is 267 cm³/mol. The molecule has 2 aliphatic heterocycles. The lowest BCUT2D eigenvalue weighted by Gasteiger charge is -2.50. The molecule has 0 saturated carbocycles. The van der Waals surface area contributed by atoms with Gasteiger partial charge in [-0.2, -0.15) is 13.5 Å². The second-order valence-electron chi connectivity index (χ2n) is 19.5. The highest BCUT2D eigenvalue weighted by Crippen LogP contribution is 2.34. The van der Waals surface area contributed by atoms with Gasteiger partial charge in [-0.1, -0.05) is 65.8 Å². The number of anilines is 1. The van der Waals surface area contributed by atoms with E-state index in [0.29, 0.717) is 39.7 Å². The van der Waals surface area contributed by atoms with Gasteiger partial charge in [-0.25, -0.2) is 19.4 Å². The van der Waals surface area contributed by atoms with Crippen LogP contribution in [0.15, 0.2) is 90.1 Å². The molecule has 2 saturated heterocycles. The quantitative estimate of drug-likeness (QED) is 0.0144. The highest BCUT2D eigenvalue weighted by Gasteiger charge is 2.58. The topological polar surface area (TPSA) is 287 Å². The van der Waals surface area contributed by atoms with Crippen molar-refractivity contribution in [2.75, 3.05) is 25.0 Å². The lowest BCUT2D eigenvalue weighted by molar-refractivity contribution is -0.218. The smallest absolute Gasteiger partial charge is 0.418 e. The van der Waals surface area contributed by atoms with Crippen molar-refractivity contribution in [1.82, 2.24) is 25.6 Å². The van der Waals surface area contributed by atoms with Crippen LogP contribution in [0.5, 0.6) is 5.75 Å². The van der Waals surface area contributed by atoms with Gasteiger partial charge in [-0.15, -0.1) is 15.6 Å². The number of ether oxygens (including phenoxy) is 4. The Kier molecular flexibility index (Phi) is 17.2. The molecule has 6 rings (SSSR count). The summed E-state index contributed by atoms with van der Waals surface area (Å²) in [6.07, 6.45) is -2.48. The van der Waals surface area contributed by atoms with Gasteiger partial charge in [0.2, 0.25) is 0 Å². The predicted octanol–water partition coefficient (Wildman–Crippen LogP) is 6.45. The summed E-state index contributed by atoms with van der Waals surface area (Å²) in [7, 11) is -5.13. The number of nitrogens with zero attached hydrogens (tertiary/aromatic N) is 4. The van der Waals surface area contributed by atoms with E-state index < -0.39 is 87.7 Å². The fourth-order valence-electron chi connectivity index (χ4n) is 7.47. The van der Waals surface area contributed by atoms with Crippen molar-refractivity contribution < 1.29 is 65.0 Å². The first-order valence-electron chi connectivity index (χ1n) is 23.1. The Balaban J connectivity index is 1.29. The van der Waals surface area contributed by atoms with E-state index in [1.807, 2.05) is 0 Å². The molecule has 2 aliphatic rings. The number of hydrogen-bond acceptors (Lipinski definition) is 17. The number of nitrogens with one attached hydrogen (secondary N) is 4. The summed E-state index contributed by atoms with van der Waals surface area (Å²) in [4.78, 5) is 79.7. The number of carbonyl (C=O) groups is 5.